The average molecular weight is 338 g/mol. The minimum Gasteiger partial charge on any atom is -0.444 e. The molecule has 4 heteroatoms. The van der Waals surface area contributed by atoms with E-state index in [4.69, 9.17) is 4.74 Å². The standard InChI is InChI=1S/C21H26N2O2/c1-21(2,3)25-20(24)23-17-6-7-18(23)13-16(12-17)14-5-8-19-15(11-14)9-10-22(19)4/h5,8-12,17-18H,6-7,13H2,1-4H3. The largest absolute Gasteiger partial charge is 0.444 e. The van der Waals surface area contributed by atoms with E-state index in [-0.39, 0.29) is 18.2 Å². The van der Waals surface area contributed by atoms with Gasteiger partial charge in [-0.05, 0) is 69.4 Å². The third-order valence-electron chi connectivity index (χ3n) is 5.26. The van der Waals surface area contributed by atoms with Crippen LogP contribution < -0.4 is 0 Å². The molecule has 25 heavy (non-hydrogen) atoms. The van der Waals surface area contributed by atoms with Crippen LogP contribution in [0.1, 0.15) is 45.6 Å². The first-order valence-electron chi connectivity index (χ1n) is 9.09. The molecule has 4 nitrogen and oxygen atoms in total. The van der Waals surface area contributed by atoms with Crippen molar-refractivity contribution < 1.29 is 9.53 Å². The minimum absolute atomic E-state index is 0.162. The Morgan fingerprint density at radius 1 is 1.20 bits per heavy atom. The Bertz CT molecular complexity index is 856. The quantitative estimate of drug-likeness (QED) is 0.753. The van der Waals surface area contributed by atoms with Gasteiger partial charge < -0.3 is 9.30 Å². The predicted molar refractivity (Wildman–Crippen MR) is 100 cm³/mol. The Balaban J connectivity index is 1.61. The molecular formula is C21H26N2O2. The van der Waals surface area contributed by atoms with Gasteiger partial charge in [-0.1, -0.05) is 12.1 Å². The Kier molecular flexibility index (Phi) is 3.67. The number of carbonyl (C=O) groups is 1. The van der Waals surface area contributed by atoms with E-state index >= 15 is 0 Å². The maximum absolute atomic E-state index is 12.6. The molecule has 1 aromatic carbocycles. The van der Waals surface area contributed by atoms with Gasteiger partial charge in [0.15, 0.2) is 0 Å². The highest BCUT2D eigenvalue weighted by molar-refractivity contribution is 5.85. The van der Waals surface area contributed by atoms with Crippen molar-refractivity contribution in [3.05, 3.63) is 42.1 Å². The molecule has 1 saturated heterocycles. The van der Waals surface area contributed by atoms with Crippen LogP contribution >= 0.6 is 0 Å². The summed E-state index contributed by atoms with van der Waals surface area (Å²) in [7, 11) is 2.07. The van der Waals surface area contributed by atoms with E-state index in [0.717, 1.165) is 19.3 Å². The van der Waals surface area contributed by atoms with Gasteiger partial charge in [-0.25, -0.2) is 4.79 Å². The molecule has 0 spiro atoms. The lowest BCUT2D eigenvalue weighted by molar-refractivity contribution is 0.0175. The summed E-state index contributed by atoms with van der Waals surface area (Å²) in [5.41, 5.74) is 3.44. The van der Waals surface area contributed by atoms with Crippen LogP contribution in [0.15, 0.2) is 36.5 Å². The van der Waals surface area contributed by atoms with Crippen LogP contribution in [0.4, 0.5) is 4.79 Å². The lowest BCUT2D eigenvalue weighted by Crippen LogP contribution is -2.45. The third kappa shape index (κ3) is 2.94. The van der Waals surface area contributed by atoms with E-state index in [1.54, 1.807) is 0 Å². The Hall–Kier alpha value is -2.23. The van der Waals surface area contributed by atoms with Gasteiger partial charge in [0.25, 0.3) is 0 Å². The topological polar surface area (TPSA) is 34.5 Å². The number of aryl methyl sites for hydroxylation is 1. The maximum atomic E-state index is 12.6. The van der Waals surface area contributed by atoms with E-state index in [0.29, 0.717) is 0 Å². The smallest absolute Gasteiger partial charge is 0.411 e. The fourth-order valence-electron chi connectivity index (χ4n) is 4.12. The molecular weight excluding hydrogens is 312 g/mol. The molecule has 0 radical (unpaired) electrons. The van der Waals surface area contributed by atoms with Crippen LogP contribution in [0.3, 0.4) is 0 Å². The third-order valence-corrected chi connectivity index (χ3v) is 5.26. The second-order valence-corrected chi connectivity index (χ2v) is 8.28. The molecule has 4 rings (SSSR count). The lowest BCUT2D eigenvalue weighted by Gasteiger charge is -2.35. The molecule has 3 heterocycles. The highest BCUT2D eigenvalue weighted by atomic mass is 16.6. The Labute approximate surface area is 149 Å². The molecule has 0 N–H and O–H groups in total. The molecule has 1 amide bonds. The molecule has 0 aliphatic carbocycles. The van der Waals surface area contributed by atoms with Crippen LogP contribution in [0, 0.1) is 0 Å². The molecule has 132 valence electrons. The average Bonchev–Trinajstić information content (AvgIpc) is 3.03. The molecule has 2 aliphatic heterocycles. The maximum Gasteiger partial charge on any atom is 0.411 e. The van der Waals surface area contributed by atoms with Gasteiger partial charge in [0.2, 0.25) is 0 Å². The van der Waals surface area contributed by atoms with Gasteiger partial charge in [-0.2, -0.15) is 0 Å². The van der Waals surface area contributed by atoms with Gasteiger partial charge in [-0.3, -0.25) is 4.90 Å². The summed E-state index contributed by atoms with van der Waals surface area (Å²) < 4.78 is 7.76. The van der Waals surface area contributed by atoms with E-state index in [9.17, 15) is 4.79 Å². The fourth-order valence-corrected chi connectivity index (χ4v) is 4.12. The number of ether oxygens (including phenoxy) is 1. The van der Waals surface area contributed by atoms with Crippen LogP contribution in [0.5, 0.6) is 0 Å². The van der Waals surface area contributed by atoms with Gasteiger partial charge in [0.05, 0.1) is 6.04 Å². The highest BCUT2D eigenvalue weighted by Crippen LogP contribution is 2.39. The second kappa shape index (κ2) is 5.65. The SMILES string of the molecule is Cn1ccc2cc(C3=CC4CCC(C3)N4C(=O)OC(C)(C)C)ccc21. The van der Waals surface area contributed by atoms with E-state index < -0.39 is 5.60 Å². The number of amides is 1. The van der Waals surface area contributed by atoms with Crippen molar-refractivity contribution in [1.29, 1.82) is 0 Å². The van der Waals surface area contributed by atoms with E-state index in [2.05, 4.69) is 48.2 Å². The second-order valence-electron chi connectivity index (χ2n) is 8.28. The van der Waals surface area contributed by atoms with Crippen LogP contribution in [-0.4, -0.2) is 33.2 Å². The van der Waals surface area contributed by atoms with Crippen molar-refractivity contribution in [1.82, 2.24) is 9.47 Å². The first-order valence-corrected chi connectivity index (χ1v) is 9.09. The van der Waals surface area contributed by atoms with Gasteiger partial charge in [-0.15, -0.1) is 0 Å². The van der Waals surface area contributed by atoms with E-state index in [1.165, 1.54) is 22.0 Å². The zero-order chi connectivity index (χ0) is 17.8. The van der Waals surface area contributed by atoms with Crippen molar-refractivity contribution in [2.45, 2.75) is 57.7 Å². The number of hydrogen-bond acceptors (Lipinski definition) is 2. The fraction of sp³-hybridized carbons (Fsp3) is 0.476. The summed E-state index contributed by atoms with van der Waals surface area (Å²) in [6.07, 6.45) is 7.19. The summed E-state index contributed by atoms with van der Waals surface area (Å²) in [6, 6.07) is 9.24. The summed E-state index contributed by atoms with van der Waals surface area (Å²) >= 11 is 0. The molecule has 2 unspecified atom stereocenters. The monoisotopic (exact) mass is 338 g/mol. The van der Waals surface area contributed by atoms with Gasteiger partial charge in [0.1, 0.15) is 5.60 Å². The van der Waals surface area contributed by atoms with Crippen molar-refractivity contribution in [2.75, 3.05) is 0 Å². The number of nitrogens with zero attached hydrogens (tertiary/aromatic N) is 2. The summed E-state index contributed by atoms with van der Waals surface area (Å²) in [4.78, 5) is 14.5. The van der Waals surface area contributed by atoms with Crippen molar-refractivity contribution in [3.8, 4) is 0 Å². The number of hydrogen-bond donors (Lipinski definition) is 0. The minimum atomic E-state index is -0.446. The van der Waals surface area contributed by atoms with Crippen LogP contribution in [0.2, 0.25) is 0 Å². The zero-order valence-corrected chi connectivity index (χ0v) is 15.5. The lowest BCUT2D eigenvalue weighted by atomic mass is 9.94. The molecule has 2 bridgehead atoms. The number of fused-ring (bicyclic) bond motifs is 3. The highest BCUT2D eigenvalue weighted by Gasteiger charge is 2.41. The zero-order valence-electron chi connectivity index (χ0n) is 15.5. The molecule has 1 aromatic heterocycles. The van der Waals surface area contributed by atoms with Crippen LogP contribution in [-0.2, 0) is 11.8 Å². The summed E-state index contributed by atoms with van der Waals surface area (Å²) in [6.45, 7) is 5.77. The van der Waals surface area contributed by atoms with Crippen LogP contribution in [0.25, 0.3) is 16.5 Å². The van der Waals surface area contributed by atoms with Crippen molar-refractivity contribution >= 4 is 22.6 Å². The van der Waals surface area contributed by atoms with E-state index in [1.807, 2.05) is 25.7 Å². The number of carbonyl (C=O) groups excluding carboxylic acids is 1. The molecule has 1 fully saturated rings. The Morgan fingerprint density at radius 3 is 2.72 bits per heavy atom. The summed E-state index contributed by atoms with van der Waals surface area (Å²) in [5.74, 6) is 0. The number of benzene rings is 1. The normalized spacial score (nSPS) is 23.0. The Morgan fingerprint density at radius 2 is 2.00 bits per heavy atom. The molecule has 2 aromatic rings. The number of aromatic nitrogens is 1. The summed E-state index contributed by atoms with van der Waals surface area (Å²) in [5, 5.41) is 1.27. The first-order chi connectivity index (χ1) is 11.8. The van der Waals surface area contributed by atoms with Gasteiger partial charge in [0, 0.05) is 30.2 Å². The first kappa shape index (κ1) is 16.2. The van der Waals surface area contributed by atoms with Gasteiger partial charge >= 0.3 is 6.09 Å². The number of rotatable bonds is 1. The molecule has 2 atom stereocenters. The van der Waals surface area contributed by atoms with Crippen molar-refractivity contribution in [2.24, 2.45) is 7.05 Å². The predicted octanol–water partition coefficient (Wildman–Crippen LogP) is 4.73. The molecule has 0 saturated carbocycles. The molecule has 2 aliphatic rings. The van der Waals surface area contributed by atoms with Crippen molar-refractivity contribution in [3.63, 3.8) is 0 Å².